The number of amides is 1. The first-order chi connectivity index (χ1) is 14.0. The normalized spacial score (nSPS) is 14.4. The number of carbonyl (C=O) groups excluding carboxylic acids is 2. The zero-order chi connectivity index (χ0) is 20.8. The fourth-order valence-corrected chi connectivity index (χ4v) is 3.65. The Balaban J connectivity index is 1.45. The monoisotopic (exact) mass is 389 g/mol. The molecule has 0 atom stereocenters. The maximum absolute atomic E-state index is 12.5. The topological polar surface area (TPSA) is 64.4 Å². The van der Waals surface area contributed by atoms with Gasteiger partial charge in [0, 0.05) is 51.1 Å². The van der Waals surface area contributed by atoms with E-state index in [1.165, 1.54) is 5.56 Å². The quantitative estimate of drug-likeness (QED) is 0.710. The summed E-state index contributed by atoms with van der Waals surface area (Å²) >= 11 is 0. The van der Waals surface area contributed by atoms with Crippen LogP contribution in [-0.4, -0.2) is 47.7 Å². The molecule has 1 aliphatic heterocycles. The Kier molecular flexibility index (Phi) is 6.79. The van der Waals surface area contributed by atoms with Crippen LogP contribution in [0.3, 0.4) is 0 Å². The lowest BCUT2D eigenvalue weighted by atomic mass is 9.99. The summed E-state index contributed by atoms with van der Waals surface area (Å²) in [6.45, 7) is 7.73. The maximum Gasteiger partial charge on any atom is 0.223 e. The fraction of sp³-hybridized carbons (Fsp3) is 0.375. The fourth-order valence-electron chi connectivity index (χ4n) is 3.65. The van der Waals surface area contributed by atoms with Gasteiger partial charge in [-0.05, 0) is 43.2 Å². The maximum atomic E-state index is 12.5. The Morgan fingerprint density at radius 3 is 2.31 bits per heavy atom. The van der Waals surface area contributed by atoms with Gasteiger partial charge in [-0.2, -0.15) is 5.26 Å². The Labute approximate surface area is 172 Å². The van der Waals surface area contributed by atoms with E-state index in [4.69, 9.17) is 5.26 Å². The summed E-state index contributed by atoms with van der Waals surface area (Å²) in [6, 6.07) is 15.6. The lowest BCUT2D eigenvalue weighted by Crippen LogP contribution is -2.48. The smallest absolute Gasteiger partial charge is 0.223 e. The van der Waals surface area contributed by atoms with E-state index in [2.05, 4.69) is 11.0 Å². The van der Waals surface area contributed by atoms with Crippen molar-refractivity contribution in [3.05, 3.63) is 70.3 Å². The van der Waals surface area contributed by atoms with Crippen LogP contribution in [0, 0.1) is 25.2 Å². The number of Topliss-reactive ketones (excluding diaryl/α,β-unsaturated/α-hetero) is 1. The number of piperazine rings is 1. The molecule has 2 aromatic carbocycles. The molecule has 0 N–H and O–H groups in total. The highest BCUT2D eigenvalue weighted by atomic mass is 16.2. The SMILES string of the molecule is Cc1ccc(C)c(C(=O)CCC(=O)N2CCN(Cc3ccc(C#N)cc3)CC2)c1. The van der Waals surface area contributed by atoms with Gasteiger partial charge in [0.25, 0.3) is 0 Å². The summed E-state index contributed by atoms with van der Waals surface area (Å²) in [7, 11) is 0. The number of nitrogens with zero attached hydrogens (tertiary/aromatic N) is 3. The zero-order valence-electron chi connectivity index (χ0n) is 17.1. The molecule has 0 spiro atoms. The number of hydrogen-bond donors (Lipinski definition) is 0. The van der Waals surface area contributed by atoms with Crippen LogP contribution in [-0.2, 0) is 11.3 Å². The lowest BCUT2D eigenvalue weighted by molar-refractivity contribution is -0.132. The molecule has 5 heteroatoms. The van der Waals surface area contributed by atoms with E-state index in [0.29, 0.717) is 18.7 Å². The molecule has 29 heavy (non-hydrogen) atoms. The highest BCUT2D eigenvalue weighted by Gasteiger charge is 2.22. The largest absolute Gasteiger partial charge is 0.340 e. The molecular formula is C24H27N3O2. The summed E-state index contributed by atoms with van der Waals surface area (Å²) in [5.41, 5.74) is 4.58. The molecule has 5 nitrogen and oxygen atoms in total. The van der Waals surface area contributed by atoms with Crippen molar-refractivity contribution in [1.82, 2.24) is 9.80 Å². The molecule has 2 aromatic rings. The second-order valence-corrected chi connectivity index (χ2v) is 7.71. The van der Waals surface area contributed by atoms with Gasteiger partial charge < -0.3 is 4.90 Å². The van der Waals surface area contributed by atoms with E-state index in [1.807, 2.05) is 61.2 Å². The van der Waals surface area contributed by atoms with Crippen LogP contribution in [0.2, 0.25) is 0 Å². The average Bonchev–Trinajstić information content (AvgIpc) is 2.74. The highest BCUT2D eigenvalue weighted by molar-refractivity contribution is 5.99. The van der Waals surface area contributed by atoms with Crippen LogP contribution in [0.4, 0.5) is 0 Å². The standard InChI is InChI=1S/C24H27N3O2/c1-18-3-4-19(2)22(15-18)23(28)9-10-24(29)27-13-11-26(12-14-27)17-21-7-5-20(16-25)6-8-21/h3-8,15H,9-14,17H2,1-2H3. The van der Waals surface area contributed by atoms with Crippen molar-refractivity contribution in [2.75, 3.05) is 26.2 Å². The lowest BCUT2D eigenvalue weighted by Gasteiger charge is -2.34. The zero-order valence-corrected chi connectivity index (χ0v) is 17.1. The molecule has 0 aliphatic carbocycles. The molecule has 1 amide bonds. The van der Waals surface area contributed by atoms with Crippen LogP contribution >= 0.6 is 0 Å². The Morgan fingerprint density at radius 2 is 1.66 bits per heavy atom. The van der Waals surface area contributed by atoms with Crippen LogP contribution in [0.5, 0.6) is 0 Å². The van der Waals surface area contributed by atoms with Crippen LogP contribution in [0.1, 0.15) is 45.5 Å². The molecule has 0 radical (unpaired) electrons. The molecular weight excluding hydrogens is 362 g/mol. The van der Waals surface area contributed by atoms with Gasteiger partial charge in [0.2, 0.25) is 5.91 Å². The van der Waals surface area contributed by atoms with Gasteiger partial charge in [-0.25, -0.2) is 0 Å². The molecule has 0 saturated carbocycles. The van der Waals surface area contributed by atoms with Gasteiger partial charge in [-0.1, -0.05) is 29.8 Å². The van der Waals surface area contributed by atoms with Crippen molar-refractivity contribution in [1.29, 1.82) is 5.26 Å². The first-order valence-electron chi connectivity index (χ1n) is 10.1. The second-order valence-electron chi connectivity index (χ2n) is 7.71. The number of carbonyl (C=O) groups is 2. The third-order valence-corrected chi connectivity index (χ3v) is 5.47. The van der Waals surface area contributed by atoms with Gasteiger partial charge in [0.15, 0.2) is 5.78 Å². The summed E-state index contributed by atoms with van der Waals surface area (Å²) in [6.07, 6.45) is 0.524. The summed E-state index contributed by atoms with van der Waals surface area (Å²) in [4.78, 5) is 29.2. The predicted molar refractivity (Wildman–Crippen MR) is 112 cm³/mol. The predicted octanol–water partition coefficient (Wildman–Crippen LogP) is 3.48. The number of ketones is 1. The number of benzene rings is 2. The van der Waals surface area contributed by atoms with E-state index in [0.717, 1.165) is 36.3 Å². The minimum atomic E-state index is 0.0407. The van der Waals surface area contributed by atoms with E-state index in [-0.39, 0.29) is 24.5 Å². The summed E-state index contributed by atoms with van der Waals surface area (Å²) in [5.74, 6) is 0.0979. The van der Waals surface area contributed by atoms with Gasteiger partial charge in [-0.3, -0.25) is 14.5 Å². The molecule has 3 rings (SSSR count). The van der Waals surface area contributed by atoms with Gasteiger partial charge in [0.1, 0.15) is 0 Å². The molecule has 1 heterocycles. The van der Waals surface area contributed by atoms with Crippen molar-refractivity contribution in [2.45, 2.75) is 33.2 Å². The molecule has 1 aliphatic rings. The molecule has 1 saturated heterocycles. The van der Waals surface area contributed by atoms with Crippen molar-refractivity contribution in [3.63, 3.8) is 0 Å². The van der Waals surface area contributed by atoms with E-state index < -0.39 is 0 Å². The Bertz CT molecular complexity index is 920. The third-order valence-electron chi connectivity index (χ3n) is 5.47. The molecule has 0 unspecified atom stereocenters. The van der Waals surface area contributed by atoms with E-state index in [9.17, 15) is 9.59 Å². The minimum absolute atomic E-state index is 0.0407. The number of aryl methyl sites for hydroxylation is 2. The van der Waals surface area contributed by atoms with Crippen molar-refractivity contribution in [3.8, 4) is 6.07 Å². The molecule has 1 fully saturated rings. The first kappa shape index (κ1) is 20.8. The van der Waals surface area contributed by atoms with Crippen molar-refractivity contribution < 1.29 is 9.59 Å². The van der Waals surface area contributed by atoms with Crippen molar-refractivity contribution in [2.24, 2.45) is 0 Å². The minimum Gasteiger partial charge on any atom is -0.340 e. The highest BCUT2D eigenvalue weighted by Crippen LogP contribution is 2.15. The van der Waals surface area contributed by atoms with Crippen molar-refractivity contribution >= 4 is 11.7 Å². The van der Waals surface area contributed by atoms with Gasteiger partial charge >= 0.3 is 0 Å². The molecule has 0 bridgehead atoms. The summed E-state index contributed by atoms with van der Waals surface area (Å²) in [5, 5.41) is 8.88. The number of rotatable bonds is 6. The second kappa shape index (κ2) is 9.49. The van der Waals surface area contributed by atoms with Crippen LogP contribution in [0.15, 0.2) is 42.5 Å². The first-order valence-corrected chi connectivity index (χ1v) is 10.1. The van der Waals surface area contributed by atoms with E-state index in [1.54, 1.807) is 0 Å². The van der Waals surface area contributed by atoms with Gasteiger partial charge in [0.05, 0.1) is 11.6 Å². The van der Waals surface area contributed by atoms with Crippen LogP contribution in [0.25, 0.3) is 0 Å². The Hall–Kier alpha value is -2.97. The van der Waals surface area contributed by atoms with E-state index >= 15 is 0 Å². The number of nitriles is 1. The molecule has 0 aromatic heterocycles. The van der Waals surface area contributed by atoms with Crippen LogP contribution < -0.4 is 0 Å². The summed E-state index contributed by atoms with van der Waals surface area (Å²) < 4.78 is 0. The van der Waals surface area contributed by atoms with Gasteiger partial charge in [-0.15, -0.1) is 0 Å². The number of hydrogen-bond acceptors (Lipinski definition) is 4. The Morgan fingerprint density at radius 1 is 0.966 bits per heavy atom. The third kappa shape index (κ3) is 5.52. The molecule has 150 valence electrons. The average molecular weight is 389 g/mol.